The molecule has 2 aromatic heterocycles. The minimum Gasteiger partial charge on any atom is -0.309 e. The largest absolute Gasteiger partial charge is 0.309 e. The minimum atomic E-state index is -0.0333. The summed E-state index contributed by atoms with van der Waals surface area (Å²) in [7, 11) is 0. The Labute approximate surface area is 157 Å². The fourth-order valence-electron chi connectivity index (χ4n) is 3.49. The van der Waals surface area contributed by atoms with Gasteiger partial charge in [0.15, 0.2) is 0 Å². The molecule has 136 valence electrons. The number of aryl methyl sites for hydroxylation is 1. The number of piperazine rings is 1. The fourth-order valence-corrected chi connectivity index (χ4v) is 4.46. The van der Waals surface area contributed by atoms with E-state index < -0.39 is 0 Å². The van der Waals surface area contributed by atoms with Crippen molar-refractivity contribution in [3.63, 3.8) is 0 Å². The van der Waals surface area contributed by atoms with Gasteiger partial charge in [-0.2, -0.15) is 0 Å². The second-order valence-electron chi connectivity index (χ2n) is 6.92. The number of nitrogens with one attached hydrogen (secondary N) is 1. The van der Waals surface area contributed by atoms with E-state index in [1.54, 1.807) is 11.3 Å². The van der Waals surface area contributed by atoms with Crippen molar-refractivity contribution >= 4 is 21.6 Å². The molecule has 3 heterocycles. The molecule has 0 amide bonds. The van der Waals surface area contributed by atoms with Crippen molar-refractivity contribution in [1.82, 2.24) is 19.8 Å². The van der Waals surface area contributed by atoms with Crippen LogP contribution in [0.1, 0.15) is 18.3 Å². The van der Waals surface area contributed by atoms with Gasteiger partial charge in [0.25, 0.3) is 5.56 Å². The Morgan fingerprint density at radius 1 is 1.12 bits per heavy atom. The average molecular weight is 369 g/mol. The predicted octanol–water partition coefficient (Wildman–Crippen LogP) is 3.10. The van der Waals surface area contributed by atoms with E-state index in [4.69, 9.17) is 4.98 Å². The lowest BCUT2D eigenvalue weighted by molar-refractivity contribution is 0.129. The average Bonchev–Trinajstić information content (AvgIpc) is 3.07. The Bertz CT molecular complexity index is 952. The van der Waals surface area contributed by atoms with Crippen molar-refractivity contribution in [2.45, 2.75) is 20.4 Å². The van der Waals surface area contributed by atoms with Gasteiger partial charge in [0.05, 0.1) is 11.9 Å². The van der Waals surface area contributed by atoms with E-state index >= 15 is 0 Å². The van der Waals surface area contributed by atoms with Crippen molar-refractivity contribution in [1.29, 1.82) is 0 Å². The molecule has 1 fully saturated rings. The Balaban J connectivity index is 1.60. The molecule has 0 radical (unpaired) electrons. The monoisotopic (exact) mass is 368 g/mol. The predicted molar refractivity (Wildman–Crippen MR) is 108 cm³/mol. The SMILES string of the molecule is CCN1CCN(Cc2nc3scc(-c4ccc(C)cc4)c3c(=O)[nH]2)CC1. The standard InChI is InChI=1S/C20H24N4OS/c1-3-23-8-10-24(11-9-23)12-17-21-19(25)18-16(13-26-20(18)22-17)15-6-4-14(2)5-7-15/h4-7,13H,3,8-12H2,1-2H3,(H,21,22,25). The number of likely N-dealkylation sites (N-methyl/N-ethyl adjacent to an activating group) is 1. The molecule has 0 spiro atoms. The van der Waals surface area contributed by atoms with Gasteiger partial charge >= 0.3 is 0 Å². The summed E-state index contributed by atoms with van der Waals surface area (Å²) in [4.78, 5) is 26.1. The molecular formula is C20H24N4OS. The first-order valence-corrected chi connectivity index (χ1v) is 10.0. The highest BCUT2D eigenvalue weighted by atomic mass is 32.1. The Kier molecular flexibility index (Phi) is 4.89. The van der Waals surface area contributed by atoms with Gasteiger partial charge in [-0.3, -0.25) is 9.69 Å². The quantitative estimate of drug-likeness (QED) is 0.769. The molecule has 0 aliphatic carbocycles. The molecule has 0 unspecified atom stereocenters. The van der Waals surface area contributed by atoms with E-state index in [-0.39, 0.29) is 5.56 Å². The summed E-state index contributed by atoms with van der Waals surface area (Å²) in [6, 6.07) is 8.28. The Hall–Kier alpha value is -2.02. The molecule has 0 atom stereocenters. The first-order chi connectivity index (χ1) is 12.6. The van der Waals surface area contributed by atoms with Crippen LogP contribution in [0.3, 0.4) is 0 Å². The van der Waals surface area contributed by atoms with Gasteiger partial charge in [0.1, 0.15) is 10.7 Å². The highest BCUT2D eigenvalue weighted by Crippen LogP contribution is 2.30. The van der Waals surface area contributed by atoms with Gasteiger partial charge in [-0.05, 0) is 19.0 Å². The van der Waals surface area contributed by atoms with Crippen molar-refractivity contribution in [2.75, 3.05) is 32.7 Å². The van der Waals surface area contributed by atoms with E-state index in [9.17, 15) is 4.79 Å². The number of nitrogens with zero attached hydrogens (tertiary/aromatic N) is 3. The van der Waals surface area contributed by atoms with Crippen LogP contribution in [0.15, 0.2) is 34.4 Å². The molecule has 26 heavy (non-hydrogen) atoms. The molecule has 1 aromatic carbocycles. The topological polar surface area (TPSA) is 52.2 Å². The van der Waals surface area contributed by atoms with E-state index in [0.29, 0.717) is 11.9 Å². The summed E-state index contributed by atoms with van der Waals surface area (Å²) in [6.45, 7) is 10.3. The van der Waals surface area contributed by atoms with Crippen molar-refractivity contribution < 1.29 is 0 Å². The lowest BCUT2D eigenvalue weighted by Gasteiger charge is -2.33. The van der Waals surface area contributed by atoms with E-state index in [2.05, 4.69) is 52.9 Å². The highest BCUT2D eigenvalue weighted by molar-refractivity contribution is 7.17. The smallest absolute Gasteiger partial charge is 0.260 e. The summed E-state index contributed by atoms with van der Waals surface area (Å²) < 4.78 is 0. The molecule has 4 rings (SSSR count). The van der Waals surface area contributed by atoms with Crippen LogP contribution in [-0.4, -0.2) is 52.5 Å². The first kappa shape index (κ1) is 17.4. The van der Waals surface area contributed by atoms with Gasteiger partial charge in [0.2, 0.25) is 0 Å². The maximum absolute atomic E-state index is 12.7. The van der Waals surface area contributed by atoms with Crippen LogP contribution in [0.25, 0.3) is 21.3 Å². The van der Waals surface area contributed by atoms with E-state index in [1.165, 1.54) is 5.56 Å². The zero-order valence-corrected chi connectivity index (χ0v) is 16.1. The number of rotatable bonds is 4. The molecule has 5 nitrogen and oxygen atoms in total. The number of aromatic nitrogens is 2. The van der Waals surface area contributed by atoms with Crippen LogP contribution in [0, 0.1) is 6.92 Å². The molecule has 6 heteroatoms. The number of H-pyrrole nitrogens is 1. The Morgan fingerprint density at radius 2 is 1.81 bits per heavy atom. The second-order valence-corrected chi connectivity index (χ2v) is 7.78. The molecular weight excluding hydrogens is 344 g/mol. The minimum absolute atomic E-state index is 0.0333. The van der Waals surface area contributed by atoms with Crippen LogP contribution < -0.4 is 5.56 Å². The lowest BCUT2D eigenvalue weighted by Crippen LogP contribution is -2.45. The van der Waals surface area contributed by atoms with Gasteiger partial charge < -0.3 is 9.88 Å². The van der Waals surface area contributed by atoms with Gasteiger partial charge in [-0.25, -0.2) is 4.98 Å². The normalized spacial score (nSPS) is 16.4. The number of benzene rings is 1. The molecule has 0 bridgehead atoms. The zero-order chi connectivity index (χ0) is 18.1. The maximum Gasteiger partial charge on any atom is 0.260 e. The summed E-state index contributed by atoms with van der Waals surface area (Å²) >= 11 is 1.55. The number of thiophene rings is 1. The van der Waals surface area contributed by atoms with Crippen LogP contribution in [0.4, 0.5) is 0 Å². The number of hydrogen-bond donors (Lipinski definition) is 1. The molecule has 1 saturated heterocycles. The molecule has 0 saturated carbocycles. The maximum atomic E-state index is 12.7. The van der Waals surface area contributed by atoms with Crippen molar-refractivity contribution in [3.8, 4) is 11.1 Å². The molecule has 1 N–H and O–H groups in total. The first-order valence-electron chi connectivity index (χ1n) is 9.16. The third-order valence-electron chi connectivity index (χ3n) is 5.14. The third kappa shape index (κ3) is 3.45. The summed E-state index contributed by atoms with van der Waals surface area (Å²) in [5, 5.41) is 2.75. The van der Waals surface area contributed by atoms with Gasteiger partial charge in [-0.1, -0.05) is 36.8 Å². The molecule has 1 aliphatic heterocycles. The third-order valence-corrected chi connectivity index (χ3v) is 6.01. The summed E-state index contributed by atoms with van der Waals surface area (Å²) in [5.41, 5.74) is 3.22. The number of fused-ring (bicyclic) bond motifs is 1. The number of hydrogen-bond acceptors (Lipinski definition) is 5. The van der Waals surface area contributed by atoms with Crippen molar-refractivity contribution in [3.05, 3.63) is 51.4 Å². The van der Waals surface area contributed by atoms with Crippen LogP contribution >= 0.6 is 11.3 Å². The molecule has 1 aliphatic rings. The molecule has 3 aromatic rings. The fraction of sp³-hybridized carbons (Fsp3) is 0.400. The summed E-state index contributed by atoms with van der Waals surface area (Å²) in [6.07, 6.45) is 0. The van der Waals surface area contributed by atoms with Gasteiger partial charge in [-0.15, -0.1) is 11.3 Å². The van der Waals surface area contributed by atoms with Crippen molar-refractivity contribution in [2.24, 2.45) is 0 Å². The summed E-state index contributed by atoms with van der Waals surface area (Å²) in [5.74, 6) is 0.768. The van der Waals surface area contributed by atoms with Crippen LogP contribution in [0.5, 0.6) is 0 Å². The number of aromatic amines is 1. The second kappa shape index (κ2) is 7.31. The lowest BCUT2D eigenvalue weighted by atomic mass is 10.1. The van der Waals surface area contributed by atoms with E-state index in [1.807, 2.05) is 5.38 Å². The van der Waals surface area contributed by atoms with Gasteiger partial charge in [0, 0.05) is 37.1 Å². The van der Waals surface area contributed by atoms with Crippen LogP contribution in [-0.2, 0) is 6.54 Å². The highest BCUT2D eigenvalue weighted by Gasteiger charge is 2.18. The zero-order valence-electron chi connectivity index (χ0n) is 15.3. The van der Waals surface area contributed by atoms with E-state index in [0.717, 1.165) is 54.5 Å². The Morgan fingerprint density at radius 3 is 2.50 bits per heavy atom. The van der Waals surface area contributed by atoms with Crippen LogP contribution in [0.2, 0.25) is 0 Å².